The molecule has 118 valence electrons. The number of likely N-dealkylation sites (N-methyl/N-ethyl adjacent to an activating group) is 1. The lowest BCUT2D eigenvalue weighted by Gasteiger charge is -2.36. The highest BCUT2D eigenvalue weighted by atomic mass is 16.6. The van der Waals surface area contributed by atoms with Crippen LogP contribution in [0, 0.1) is 17.0 Å². The van der Waals surface area contributed by atoms with Crippen molar-refractivity contribution in [3.05, 3.63) is 15.8 Å². The van der Waals surface area contributed by atoms with E-state index in [0.29, 0.717) is 11.5 Å². The fourth-order valence-electron chi connectivity index (χ4n) is 3.13. The second kappa shape index (κ2) is 6.01. The maximum Gasteiger partial charge on any atom is 0.333 e. The van der Waals surface area contributed by atoms with E-state index in [4.69, 9.17) is 0 Å². The lowest BCUT2D eigenvalue weighted by molar-refractivity contribution is -0.384. The van der Waals surface area contributed by atoms with Crippen LogP contribution >= 0.6 is 0 Å². The zero-order chi connectivity index (χ0) is 15.7. The minimum absolute atomic E-state index is 0.0237. The first-order valence-electron chi connectivity index (χ1n) is 7.49. The summed E-state index contributed by atoms with van der Waals surface area (Å²) in [6, 6.07) is -0.0679. The molecule has 1 fully saturated rings. The van der Waals surface area contributed by atoms with Gasteiger partial charge in [0.2, 0.25) is 5.82 Å². The molecule has 1 aliphatic carbocycles. The predicted molar refractivity (Wildman–Crippen MR) is 80.7 cm³/mol. The minimum atomic E-state index is -0.445. The molecule has 2 unspecified atom stereocenters. The SMILES string of the molecule is Cc1nn(C(C)C)c(N(C)C2CCCCC2O)c1[N+](=O)[O-]. The molecule has 2 atom stereocenters. The Morgan fingerprint density at radius 3 is 2.57 bits per heavy atom. The molecule has 0 spiro atoms. The van der Waals surface area contributed by atoms with Gasteiger partial charge in [-0.2, -0.15) is 5.10 Å². The molecule has 0 radical (unpaired) electrons. The number of anilines is 1. The van der Waals surface area contributed by atoms with Crippen LogP contribution in [0.3, 0.4) is 0 Å². The van der Waals surface area contributed by atoms with Crippen LogP contribution in [0.4, 0.5) is 11.5 Å². The van der Waals surface area contributed by atoms with Gasteiger partial charge in [0.25, 0.3) is 0 Å². The first-order chi connectivity index (χ1) is 9.84. The van der Waals surface area contributed by atoms with Crippen LogP contribution in [0.15, 0.2) is 0 Å². The number of rotatable bonds is 4. The van der Waals surface area contributed by atoms with Gasteiger partial charge in [-0.3, -0.25) is 10.1 Å². The van der Waals surface area contributed by atoms with Gasteiger partial charge in [-0.05, 0) is 33.6 Å². The van der Waals surface area contributed by atoms with Crippen LogP contribution in [0.2, 0.25) is 0 Å². The van der Waals surface area contributed by atoms with E-state index in [-0.39, 0.29) is 22.7 Å². The molecule has 0 aromatic carbocycles. The van der Waals surface area contributed by atoms with Crippen molar-refractivity contribution < 1.29 is 10.0 Å². The summed E-state index contributed by atoms with van der Waals surface area (Å²) in [5.41, 5.74) is 0.463. The molecule has 1 saturated carbocycles. The number of aromatic nitrogens is 2. The Labute approximate surface area is 124 Å². The third-order valence-corrected chi connectivity index (χ3v) is 4.23. The molecule has 0 saturated heterocycles. The van der Waals surface area contributed by atoms with Crippen LogP contribution in [0.25, 0.3) is 0 Å². The van der Waals surface area contributed by atoms with Crippen molar-refractivity contribution in [1.29, 1.82) is 0 Å². The Bertz CT molecular complexity index is 527. The highest BCUT2D eigenvalue weighted by Gasteiger charge is 2.35. The van der Waals surface area contributed by atoms with Crippen LogP contribution in [0.5, 0.6) is 0 Å². The van der Waals surface area contributed by atoms with Crippen LogP contribution in [-0.2, 0) is 0 Å². The standard InChI is InChI=1S/C14H24N4O3/c1-9(2)17-14(13(18(20)21)10(3)15-17)16(4)11-7-5-6-8-12(11)19/h9,11-12,19H,5-8H2,1-4H3. The second-order valence-electron chi connectivity index (χ2n) is 6.08. The van der Waals surface area contributed by atoms with Crippen molar-refractivity contribution in [3.8, 4) is 0 Å². The first-order valence-corrected chi connectivity index (χ1v) is 7.49. The van der Waals surface area contributed by atoms with E-state index in [1.165, 1.54) is 0 Å². The molecule has 7 nitrogen and oxygen atoms in total. The molecule has 1 aromatic rings. The number of hydrogen-bond acceptors (Lipinski definition) is 5. The van der Waals surface area contributed by atoms with Gasteiger partial charge in [-0.25, -0.2) is 4.68 Å². The molecule has 1 aromatic heterocycles. The smallest absolute Gasteiger partial charge is 0.333 e. The van der Waals surface area contributed by atoms with Gasteiger partial charge >= 0.3 is 5.69 Å². The largest absolute Gasteiger partial charge is 0.391 e. The zero-order valence-corrected chi connectivity index (χ0v) is 13.1. The minimum Gasteiger partial charge on any atom is -0.391 e. The number of nitro groups is 1. The van der Waals surface area contributed by atoms with E-state index >= 15 is 0 Å². The van der Waals surface area contributed by atoms with Crippen LogP contribution in [0.1, 0.15) is 51.3 Å². The molecule has 1 N–H and O–H groups in total. The van der Waals surface area contributed by atoms with Crippen molar-refractivity contribution in [2.75, 3.05) is 11.9 Å². The van der Waals surface area contributed by atoms with Gasteiger partial charge in [0, 0.05) is 13.1 Å². The molecule has 1 heterocycles. The highest BCUT2D eigenvalue weighted by Crippen LogP contribution is 2.36. The lowest BCUT2D eigenvalue weighted by atomic mass is 9.91. The van der Waals surface area contributed by atoms with E-state index in [1.54, 1.807) is 11.6 Å². The van der Waals surface area contributed by atoms with Gasteiger partial charge in [0.05, 0.1) is 17.1 Å². The quantitative estimate of drug-likeness (QED) is 0.681. The molecular weight excluding hydrogens is 272 g/mol. The van der Waals surface area contributed by atoms with Crippen molar-refractivity contribution in [1.82, 2.24) is 9.78 Å². The fourth-order valence-corrected chi connectivity index (χ4v) is 3.13. The first kappa shape index (κ1) is 15.8. The normalized spacial score (nSPS) is 22.6. The summed E-state index contributed by atoms with van der Waals surface area (Å²) in [5, 5.41) is 26.0. The van der Waals surface area contributed by atoms with E-state index in [0.717, 1.165) is 25.7 Å². The number of nitrogens with zero attached hydrogens (tertiary/aromatic N) is 4. The molecule has 1 aliphatic rings. The Balaban J connectivity index is 2.47. The Morgan fingerprint density at radius 1 is 1.43 bits per heavy atom. The topological polar surface area (TPSA) is 84.4 Å². The molecule has 0 amide bonds. The molecule has 0 aliphatic heterocycles. The molecule has 7 heteroatoms. The van der Waals surface area contributed by atoms with E-state index in [1.807, 2.05) is 25.8 Å². The van der Waals surface area contributed by atoms with Gasteiger partial charge < -0.3 is 10.0 Å². The van der Waals surface area contributed by atoms with Crippen LogP contribution < -0.4 is 4.90 Å². The Morgan fingerprint density at radius 2 is 2.05 bits per heavy atom. The Kier molecular flexibility index (Phi) is 4.51. The van der Waals surface area contributed by atoms with Crippen molar-refractivity contribution in [2.45, 2.75) is 64.6 Å². The molecule has 21 heavy (non-hydrogen) atoms. The van der Waals surface area contributed by atoms with Gasteiger partial charge in [0.15, 0.2) is 0 Å². The summed E-state index contributed by atoms with van der Waals surface area (Å²) in [7, 11) is 1.82. The van der Waals surface area contributed by atoms with E-state index in [9.17, 15) is 15.2 Å². The highest BCUT2D eigenvalue weighted by molar-refractivity contribution is 5.62. The summed E-state index contributed by atoms with van der Waals surface area (Å²) >= 11 is 0. The number of aliphatic hydroxyl groups is 1. The fraction of sp³-hybridized carbons (Fsp3) is 0.786. The summed E-state index contributed by atoms with van der Waals surface area (Å²) in [5.74, 6) is 0.499. The summed E-state index contributed by atoms with van der Waals surface area (Å²) < 4.78 is 1.69. The summed E-state index contributed by atoms with van der Waals surface area (Å²) in [6.45, 7) is 5.56. The predicted octanol–water partition coefficient (Wildman–Crippen LogP) is 2.42. The van der Waals surface area contributed by atoms with Gasteiger partial charge in [-0.1, -0.05) is 12.8 Å². The van der Waals surface area contributed by atoms with Crippen molar-refractivity contribution in [3.63, 3.8) is 0 Å². The maximum absolute atomic E-state index is 11.4. The zero-order valence-electron chi connectivity index (χ0n) is 13.1. The summed E-state index contributed by atoms with van der Waals surface area (Å²) in [6.07, 6.45) is 3.19. The van der Waals surface area contributed by atoms with Crippen molar-refractivity contribution in [2.24, 2.45) is 0 Å². The number of hydrogen-bond donors (Lipinski definition) is 1. The van der Waals surface area contributed by atoms with E-state index in [2.05, 4.69) is 5.10 Å². The van der Waals surface area contributed by atoms with Crippen molar-refractivity contribution >= 4 is 11.5 Å². The average Bonchev–Trinajstić information content (AvgIpc) is 2.76. The lowest BCUT2D eigenvalue weighted by Crippen LogP contribution is -2.44. The number of aliphatic hydroxyl groups excluding tert-OH is 1. The second-order valence-corrected chi connectivity index (χ2v) is 6.08. The third-order valence-electron chi connectivity index (χ3n) is 4.23. The molecular formula is C14H24N4O3. The Hall–Kier alpha value is -1.63. The van der Waals surface area contributed by atoms with Crippen LogP contribution in [-0.4, -0.2) is 39.0 Å². The molecule has 0 bridgehead atoms. The summed E-state index contributed by atoms with van der Waals surface area (Å²) in [4.78, 5) is 12.9. The maximum atomic E-state index is 11.4. The average molecular weight is 296 g/mol. The molecule has 2 rings (SSSR count). The number of aryl methyl sites for hydroxylation is 1. The van der Waals surface area contributed by atoms with Gasteiger partial charge in [-0.15, -0.1) is 0 Å². The monoisotopic (exact) mass is 296 g/mol. The third kappa shape index (κ3) is 2.88. The van der Waals surface area contributed by atoms with Gasteiger partial charge in [0.1, 0.15) is 5.69 Å². The van der Waals surface area contributed by atoms with E-state index < -0.39 is 6.10 Å².